The third-order valence-corrected chi connectivity index (χ3v) is 7.34. The standard InChI is InChI=1S/C22H24N4O5S/c1-15-23-21(25-31-15)17-6-5-7-18(14-17)32(28,29)26-12-10-16(11-13-26)22(27)24-19-8-3-4-9-20(19)30-2/h3-9,14,16H,10-13H2,1-2H3,(H,24,27). The fourth-order valence-electron chi connectivity index (χ4n) is 3.70. The van der Waals surface area contributed by atoms with Crippen LogP contribution in [0.3, 0.4) is 0 Å². The molecular weight excluding hydrogens is 432 g/mol. The van der Waals surface area contributed by atoms with Gasteiger partial charge in [-0.3, -0.25) is 4.79 Å². The molecule has 1 saturated heterocycles. The Morgan fingerprint density at radius 3 is 2.59 bits per heavy atom. The van der Waals surface area contributed by atoms with Crippen LogP contribution in [0.5, 0.6) is 5.75 Å². The Morgan fingerprint density at radius 2 is 1.91 bits per heavy atom. The molecule has 0 bridgehead atoms. The number of sulfonamides is 1. The first-order valence-electron chi connectivity index (χ1n) is 10.2. The molecule has 1 aliphatic heterocycles. The summed E-state index contributed by atoms with van der Waals surface area (Å²) in [4.78, 5) is 17.0. The molecule has 1 aromatic heterocycles. The monoisotopic (exact) mass is 456 g/mol. The zero-order valence-corrected chi connectivity index (χ0v) is 18.6. The van der Waals surface area contributed by atoms with Crippen LogP contribution < -0.4 is 10.1 Å². The van der Waals surface area contributed by atoms with Gasteiger partial charge in [0, 0.05) is 31.5 Å². The third-order valence-electron chi connectivity index (χ3n) is 5.45. The van der Waals surface area contributed by atoms with Crippen LogP contribution in [-0.4, -0.2) is 49.0 Å². The van der Waals surface area contributed by atoms with Gasteiger partial charge in [0.2, 0.25) is 27.6 Å². The lowest BCUT2D eigenvalue weighted by atomic mass is 9.97. The number of carbonyl (C=O) groups excluding carboxylic acids is 1. The summed E-state index contributed by atoms with van der Waals surface area (Å²) >= 11 is 0. The maximum atomic E-state index is 13.2. The summed E-state index contributed by atoms with van der Waals surface area (Å²) in [5, 5.41) is 6.74. The van der Waals surface area contributed by atoms with Crippen molar-refractivity contribution in [1.82, 2.24) is 14.4 Å². The topological polar surface area (TPSA) is 115 Å². The van der Waals surface area contributed by atoms with Gasteiger partial charge in [-0.2, -0.15) is 9.29 Å². The number of para-hydroxylation sites is 2. The Kier molecular flexibility index (Phi) is 6.24. The zero-order valence-electron chi connectivity index (χ0n) is 17.8. The molecule has 1 amide bonds. The molecule has 3 aromatic rings. The molecule has 32 heavy (non-hydrogen) atoms. The summed E-state index contributed by atoms with van der Waals surface area (Å²) in [5.41, 5.74) is 1.16. The smallest absolute Gasteiger partial charge is 0.243 e. The van der Waals surface area contributed by atoms with Gasteiger partial charge in [0.25, 0.3) is 0 Å². The molecule has 0 saturated carbocycles. The van der Waals surface area contributed by atoms with Gasteiger partial charge in [-0.15, -0.1) is 0 Å². The fourth-order valence-corrected chi connectivity index (χ4v) is 5.22. The lowest BCUT2D eigenvalue weighted by Crippen LogP contribution is -2.41. The number of aryl methyl sites for hydroxylation is 1. The first-order valence-corrected chi connectivity index (χ1v) is 11.7. The van der Waals surface area contributed by atoms with Crippen molar-refractivity contribution >= 4 is 21.6 Å². The molecule has 1 fully saturated rings. The number of benzene rings is 2. The van der Waals surface area contributed by atoms with Gasteiger partial charge in [0.05, 0.1) is 17.7 Å². The molecule has 2 aromatic carbocycles. The van der Waals surface area contributed by atoms with Crippen LogP contribution in [0.2, 0.25) is 0 Å². The molecule has 168 valence electrons. The van der Waals surface area contributed by atoms with Gasteiger partial charge >= 0.3 is 0 Å². The predicted octanol–water partition coefficient (Wildman–Crippen LogP) is 3.09. The van der Waals surface area contributed by atoms with Crippen molar-refractivity contribution in [3.63, 3.8) is 0 Å². The van der Waals surface area contributed by atoms with E-state index >= 15 is 0 Å². The van der Waals surface area contributed by atoms with Crippen LogP contribution in [0.1, 0.15) is 18.7 Å². The number of carbonyl (C=O) groups is 1. The van der Waals surface area contributed by atoms with E-state index in [1.807, 2.05) is 12.1 Å². The van der Waals surface area contributed by atoms with Crippen molar-refractivity contribution < 1.29 is 22.5 Å². The number of methoxy groups -OCH3 is 1. The van der Waals surface area contributed by atoms with Gasteiger partial charge < -0.3 is 14.6 Å². The lowest BCUT2D eigenvalue weighted by Gasteiger charge is -2.30. The van der Waals surface area contributed by atoms with Crippen molar-refractivity contribution in [2.45, 2.75) is 24.7 Å². The van der Waals surface area contributed by atoms with Crippen molar-refractivity contribution in [3.8, 4) is 17.1 Å². The number of nitrogens with zero attached hydrogens (tertiary/aromatic N) is 3. The highest BCUT2D eigenvalue weighted by Crippen LogP contribution is 2.29. The second-order valence-corrected chi connectivity index (χ2v) is 9.47. The predicted molar refractivity (Wildman–Crippen MR) is 118 cm³/mol. The van der Waals surface area contributed by atoms with E-state index in [9.17, 15) is 13.2 Å². The summed E-state index contributed by atoms with van der Waals surface area (Å²) in [5.74, 6) is 0.909. The van der Waals surface area contributed by atoms with Gasteiger partial charge in [-0.25, -0.2) is 8.42 Å². The van der Waals surface area contributed by atoms with Crippen LogP contribution in [0, 0.1) is 12.8 Å². The minimum atomic E-state index is -3.71. The molecule has 0 unspecified atom stereocenters. The third kappa shape index (κ3) is 4.51. The number of anilines is 1. The number of ether oxygens (including phenoxy) is 1. The van der Waals surface area contributed by atoms with Crippen molar-refractivity contribution in [1.29, 1.82) is 0 Å². The highest BCUT2D eigenvalue weighted by Gasteiger charge is 2.32. The van der Waals surface area contributed by atoms with E-state index in [1.165, 1.54) is 4.31 Å². The van der Waals surface area contributed by atoms with Crippen LogP contribution in [0.4, 0.5) is 5.69 Å². The van der Waals surface area contributed by atoms with Crippen molar-refractivity contribution in [3.05, 3.63) is 54.4 Å². The highest BCUT2D eigenvalue weighted by atomic mass is 32.2. The van der Waals surface area contributed by atoms with Gasteiger partial charge in [-0.1, -0.05) is 29.4 Å². The van der Waals surface area contributed by atoms with Crippen LogP contribution >= 0.6 is 0 Å². The second-order valence-electron chi connectivity index (χ2n) is 7.53. The van der Waals surface area contributed by atoms with Crippen molar-refractivity contribution in [2.24, 2.45) is 5.92 Å². The molecule has 10 heteroatoms. The number of amides is 1. The maximum absolute atomic E-state index is 13.2. The molecule has 0 spiro atoms. The molecule has 9 nitrogen and oxygen atoms in total. The number of hydrogen-bond donors (Lipinski definition) is 1. The first-order chi connectivity index (χ1) is 15.4. The highest BCUT2D eigenvalue weighted by molar-refractivity contribution is 7.89. The first kappa shape index (κ1) is 22.0. The summed E-state index contributed by atoms with van der Waals surface area (Å²) in [7, 11) is -2.16. The molecule has 2 heterocycles. The Morgan fingerprint density at radius 1 is 1.16 bits per heavy atom. The molecular formula is C22H24N4O5S. The summed E-state index contributed by atoms with van der Waals surface area (Å²) in [6.07, 6.45) is 0.869. The van der Waals surface area contributed by atoms with E-state index in [-0.39, 0.29) is 29.8 Å². The number of aromatic nitrogens is 2. The number of rotatable bonds is 6. The molecule has 1 N–H and O–H groups in total. The van der Waals surface area contributed by atoms with Gasteiger partial charge in [-0.05, 0) is 37.1 Å². The zero-order chi connectivity index (χ0) is 22.7. The second kappa shape index (κ2) is 9.09. The molecule has 4 rings (SSSR count). The molecule has 0 aliphatic carbocycles. The van der Waals surface area contributed by atoms with E-state index < -0.39 is 10.0 Å². The average Bonchev–Trinajstić information content (AvgIpc) is 3.26. The maximum Gasteiger partial charge on any atom is 0.243 e. The number of piperidine rings is 1. The van der Waals surface area contributed by atoms with E-state index in [0.717, 1.165) is 0 Å². The van der Waals surface area contributed by atoms with E-state index in [1.54, 1.807) is 50.4 Å². The Hall–Kier alpha value is -3.24. The van der Waals surface area contributed by atoms with Crippen LogP contribution in [0.15, 0.2) is 57.9 Å². The van der Waals surface area contributed by atoms with Crippen LogP contribution in [0.25, 0.3) is 11.4 Å². The Bertz CT molecular complexity index is 1220. The summed E-state index contributed by atoms with van der Waals surface area (Å²) in [6.45, 7) is 2.20. The normalized spacial score (nSPS) is 15.4. The fraction of sp³-hybridized carbons (Fsp3) is 0.318. The van der Waals surface area contributed by atoms with Gasteiger partial charge in [0.15, 0.2) is 0 Å². The lowest BCUT2D eigenvalue weighted by molar-refractivity contribution is -0.120. The Labute approximate surface area is 186 Å². The summed E-state index contributed by atoms with van der Waals surface area (Å²) < 4.78 is 38.0. The number of hydrogen-bond acceptors (Lipinski definition) is 7. The minimum Gasteiger partial charge on any atom is -0.495 e. The van der Waals surface area contributed by atoms with E-state index in [4.69, 9.17) is 9.26 Å². The quantitative estimate of drug-likeness (QED) is 0.606. The molecule has 1 aliphatic rings. The van der Waals surface area contributed by atoms with Gasteiger partial charge in [0.1, 0.15) is 5.75 Å². The van der Waals surface area contributed by atoms with E-state index in [2.05, 4.69) is 15.5 Å². The van der Waals surface area contributed by atoms with E-state index in [0.29, 0.717) is 41.6 Å². The average molecular weight is 457 g/mol. The van der Waals surface area contributed by atoms with Crippen LogP contribution in [-0.2, 0) is 14.8 Å². The SMILES string of the molecule is COc1ccccc1NC(=O)C1CCN(S(=O)(=O)c2cccc(-c3noc(C)n3)c2)CC1. The minimum absolute atomic E-state index is 0.138. The van der Waals surface area contributed by atoms with Crippen molar-refractivity contribution in [2.75, 3.05) is 25.5 Å². The molecule has 0 atom stereocenters. The summed E-state index contributed by atoms with van der Waals surface area (Å²) in [6, 6.07) is 13.7. The largest absolute Gasteiger partial charge is 0.495 e. The number of nitrogens with one attached hydrogen (secondary N) is 1. The molecule has 0 radical (unpaired) electrons. The Balaban J connectivity index is 1.43.